The monoisotopic (exact) mass is 546 g/mol. The molecule has 1 aliphatic rings. The van der Waals surface area contributed by atoms with Crippen molar-refractivity contribution in [1.29, 1.82) is 0 Å². The number of nitrogens with zero attached hydrogens (tertiary/aromatic N) is 2. The SMILES string of the molecule is C=CCOC(=O)C1=C(C)N=c2s/c(=C\c3ccc(-c4ccccc4Cl)o3)c(=O)n2[C@H]1c1ccc(OC)cc1. The number of halogens is 1. The number of esters is 1. The lowest BCUT2D eigenvalue weighted by molar-refractivity contribution is -0.138. The second kappa shape index (κ2) is 10.7. The molecule has 0 spiro atoms. The molecule has 3 heterocycles. The predicted molar refractivity (Wildman–Crippen MR) is 147 cm³/mol. The maximum absolute atomic E-state index is 13.7. The molecule has 1 atom stereocenters. The van der Waals surface area contributed by atoms with E-state index < -0.39 is 12.0 Å². The summed E-state index contributed by atoms with van der Waals surface area (Å²) < 4.78 is 18.6. The van der Waals surface area contributed by atoms with Gasteiger partial charge in [0.05, 0.1) is 34.0 Å². The van der Waals surface area contributed by atoms with Crippen LogP contribution < -0.4 is 19.6 Å². The highest BCUT2D eigenvalue weighted by atomic mass is 35.5. The van der Waals surface area contributed by atoms with Crippen molar-refractivity contribution >= 4 is 35.0 Å². The number of aromatic nitrogens is 1. The molecule has 4 aromatic rings. The lowest BCUT2D eigenvalue weighted by Gasteiger charge is -2.24. The minimum atomic E-state index is -0.730. The zero-order chi connectivity index (χ0) is 26.8. The molecule has 0 aliphatic carbocycles. The fourth-order valence-electron chi connectivity index (χ4n) is 4.26. The Bertz CT molecular complexity index is 1740. The van der Waals surface area contributed by atoms with Gasteiger partial charge >= 0.3 is 5.97 Å². The number of furan rings is 1. The van der Waals surface area contributed by atoms with Gasteiger partial charge in [-0.2, -0.15) is 0 Å². The Morgan fingerprint density at radius 3 is 2.66 bits per heavy atom. The highest BCUT2D eigenvalue weighted by Gasteiger charge is 2.33. The van der Waals surface area contributed by atoms with E-state index in [9.17, 15) is 9.59 Å². The van der Waals surface area contributed by atoms with Crippen LogP contribution in [0.15, 0.2) is 98.8 Å². The van der Waals surface area contributed by atoms with Crippen LogP contribution in [-0.2, 0) is 9.53 Å². The maximum Gasteiger partial charge on any atom is 0.338 e. The van der Waals surface area contributed by atoms with Crippen LogP contribution in [0.5, 0.6) is 5.75 Å². The molecule has 2 aromatic carbocycles. The molecule has 9 heteroatoms. The summed E-state index contributed by atoms with van der Waals surface area (Å²) in [7, 11) is 1.58. The van der Waals surface area contributed by atoms with Crippen LogP contribution in [0.3, 0.4) is 0 Å². The number of hydrogen-bond acceptors (Lipinski definition) is 7. The highest BCUT2D eigenvalue weighted by molar-refractivity contribution is 7.07. The number of carbonyl (C=O) groups excluding carboxylic acids is 1. The maximum atomic E-state index is 13.7. The van der Waals surface area contributed by atoms with Crippen molar-refractivity contribution in [1.82, 2.24) is 4.57 Å². The van der Waals surface area contributed by atoms with Gasteiger partial charge in [0.25, 0.3) is 5.56 Å². The van der Waals surface area contributed by atoms with Crippen molar-refractivity contribution in [3.05, 3.63) is 121 Å². The number of thiazole rings is 1. The number of fused-ring (bicyclic) bond motifs is 1. The second-order valence-corrected chi connectivity index (χ2v) is 9.84. The Hall–Kier alpha value is -4.14. The largest absolute Gasteiger partial charge is 0.497 e. The summed E-state index contributed by atoms with van der Waals surface area (Å²) in [4.78, 5) is 31.9. The number of benzene rings is 2. The molecule has 0 radical (unpaired) electrons. The molecule has 38 heavy (non-hydrogen) atoms. The van der Waals surface area contributed by atoms with Crippen LogP contribution in [0, 0.1) is 0 Å². The average molecular weight is 547 g/mol. The Labute approximate surface area is 227 Å². The highest BCUT2D eigenvalue weighted by Crippen LogP contribution is 2.32. The van der Waals surface area contributed by atoms with Crippen LogP contribution in [-0.4, -0.2) is 24.3 Å². The molecule has 0 saturated heterocycles. The minimum absolute atomic E-state index is 0.0433. The van der Waals surface area contributed by atoms with Crippen molar-refractivity contribution in [3.63, 3.8) is 0 Å². The van der Waals surface area contributed by atoms with Crippen molar-refractivity contribution in [2.75, 3.05) is 13.7 Å². The van der Waals surface area contributed by atoms with E-state index in [1.807, 2.05) is 36.4 Å². The van der Waals surface area contributed by atoms with E-state index in [0.29, 0.717) is 37.3 Å². The molecule has 1 aliphatic heterocycles. The van der Waals surface area contributed by atoms with Gasteiger partial charge in [-0.3, -0.25) is 9.36 Å². The summed E-state index contributed by atoms with van der Waals surface area (Å²) in [6.45, 7) is 5.39. The van der Waals surface area contributed by atoms with Crippen molar-refractivity contribution in [2.24, 2.45) is 4.99 Å². The second-order valence-electron chi connectivity index (χ2n) is 8.42. The topological polar surface area (TPSA) is 83.0 Å². The van der Waals surface area contributed by atoms with E-state index in [1.165, 1.54) is 22.0 Å². The van der Waals surface area contributed by atoms with Crippen molar-refractivity contribution in [2.45, 2.75) is 13.0 Å². The summed E-state index contributed by atoms with van der Waals surface area (Å²) in [5, 5.41) is 0.568. The van der Waals surface area contributed by atoms with Gasteiger partial charge in [-0.05, 0) is 48.9 Å². The van der Waals surface area contributed by atoms with E-state index in [-0.39, 0.29) is 17.7 Å². The van der Waals surface area contributed by atoms with E-state index in [1.54, 1.807) is 44.4 Å². The van der Waals surface area contributed by atoms with Gasteiger partial charge in [0.15, 0.2) is 4.80 Å². The zero-order valence-corrected chi connectivity index (χ0v) is 22.2. The van der Waals surface area contributed by atoms with Crippen LogP contribution in [0.2, 0.25) is 5.02 Å². The van der Waals surface area contributed by atoms with E-state index in [4.69, 9.17) is 25.5 Å². The van der Waals surface area contributed by atoms with Gasteiger partial charge in [-0.1, -0.05) is 59.9 Å². The van der Waals surface area contributed by atoms with Gasteiger partial charge in [0.1, 0.15) is 23.9 Å². The van der Waals surface area contributed by atoms with Gasteiger partial charge in [0, 0.05) is 11.6 Å². The predicted octanol–water partition coefficient (Wildman–Crippen LogP) is 4.89. The number of carbonyl (C=O) groups is 1. The first kappa shape index (κ1) is 25.5. The fourth-order valence-corrected chi connectivity index (χ4v) is 5.52. The van der Waals surface area contributed by atoms with Gasteiger partial charge in [-0.25, -0.2) is 9.79 Å². The zero-order valence-electron chi connectivity index (χ0n) is 20.6. The number of methoxy groups -OCH3 is 1. The summed E-state index contributed by atoms with van der Waals surface area (Å²) in [5.74, 6) is 1.18. The van der Waals surface area contributed by atoms with E-state index in [2.05, 4.69) is 11.6 Å². The lowest BCUT2D eigenvalue weighted by Crippen LogP contribution is -2.39. The van der Waals surface area contributed by atoms with E-state index in [0.717, 1.165) is 11.1 Å². The molecule has 2 aromatic heterocycles. The molecular formula is C29H23ClN2O5S. The molecule has 0 amide bonds. The van der Waals surface area contributed by atoms with Crippen LogP contribution >= 0.6 is 22.9 Å². The summed E-state index contributed by atoms with van der Waals surface area (Å²) in [5.41, 5.74) is 1.94. The Balaban J connectivity index is 1.63. The molecular weight excluding hydrogens is 524 g/mol. The third-order valence-electron chi connectivity index (χ3n) is 6.04. The molecule has 5 rings (SSSR count). The molecule has 0 bridgehead atoms. The van der Waals surface area contributed by atoms with Crippen molar-refractivity contribution < 1.29 is 18.7 Å². The molecule has 7 nitrogen and oxygen atoms in total. The van der Waals surface area contributed by atoms with E-state index >= 15 is 0 Å². The first-order valence-corrected chi connectivity index (χ1v) is 12.9. The van der Waals surface area contributed by atoms with Crippen LogP contribution in [0.4, 0.5) is 0 Å². The molecule has 192 valence electrons. The molecule has 0 saturated carbocycles. The van der Waals surface area contributed by atoms with Crippen LogP contribution in [0.25, 0.3) is 17.4 Å². The first-order valence-electron chi connectivity index (χ1n) is 11.7. The average Bonchev–Trinajstić information content (AvgIpc) is 3.51. The Morgan fingerprint density at radius 2 is 1.95 bits per heavy atom. The van der Waals surface area contributed by atoms with Gasteiger partial charge in [0.2, 0.25) is 0 Å². The fraction of sp³-hybridized carbons (Fsp3) is 0.138. The minimum Gasteiger partial charge on any atom is -0.497 e. The lowest BCUT2D eigenvalue weighted by atomic mass is 9.96. The van der Waals surface area contributed by atoms with Gasteiger partial charge < -0.3 is 13.9 Å². The number of ether oxygens (including phenoxy) is 2. The quantitative estimate of drug-likeness (QED) is 0.243. The first-order chi connectivity index (χ1) is 18.4. The number of rotatable bonds is 7. The summed E-state index contributed by atoms with van der Waals surface area (Å²) >= 11 is 7.53. The number of allylic oxidation sites excluding steroid dienone is 1. The number of hydrogen-bond donors (Lipinski definition) is 0. The van der Waals surface area contributed by atoms with Crippen molar-refractivity contribution in [3.8, 4) is 17.1 Å². The van der Waals surface area contributed by atoms with Crippen LogP contribution in [0.1, 0.15) is 24.3 Å². The normalized spacial score (nSPS) is 15.1. The molecule has 0 fully saturated rings. The molecule has 0 unspecified atom stereocenters. The third kappa shape index (κ3) is 4.76. The van der Waals surface area contributed by atoms with Gasteiger partial charge in [-0.15, -0.1) is 0 Å². The Kier molecular flexibility index (Phi) is 7.18. The molecule has 0 N–H and O–H groups in total. The smallest absolute Gasteiger partial charge is 0.338 e. The third-order valence-corrected chi connectivity index (χ3v) is 7.36. The standard InChI is InChI=1S/C29H23ClN2O5S/c1-4-15-36-28(34)25-17(2)31-29-32(26(25)18-9-11-19(35-3)12-10-18)27(33)24(38-29)16-20-13-14-23(37-20)21-7-5-6-8-22(21)30/h4-14,16,26H,1,15H2,2-3H3/b24-16-/t26-/m0/s1. The summed E-state index contributed by atoms with van der Waals surface area (Å²) in [6, 6.07) is 17.4. The summed E-state index contributed by atoms with van der Waals surface area (Å²) in [6.07, 6.45) is 3.16. The Morgan fingerprint density at radius 1 is 1.18 bits per heavy atom.